The normalized spacial score (nSPS) is 20.0. The summed E-state index contributed by atoms with van der Waals surface area (Å²) in [5.41, 5.74) is -1.84. The zero-order chi connectivity index (χ0) is 13.3. The number of ether oxygens (including phenoxy) is 1. The van der Waals surface area contributed by atoms with Crippen LogP contribution in [0.4, 0.5) is 4.79 Å². The summed E-state index contributed by atoms with van der Waals surface area (Å²) in [5, 5.41) is 11.7. The van der Waals surface area contributed by atoms with Crippen LogP contribution in [0.15, 0.2) is 0 Å². The number of nitrogens with one attached hydrogen (secondary N) is 1. The number of carbonyl (C=O) groups is 2. The molecule has 17 heavy (non-hydrogen) atoms. The largest absolute Gasteiger partial charge is 0.480 e. The topological polar surface area (TPSA) is 75.6 Å². The van der Waals surface area contributed by atoms with Crippen molar-refractivity contribution in [2.45, 2.75) is 58.1 Å². The lowest BCUT2D eigenvalue weighted by molar-refractivity contribution is -0.148. The van der Waals surface area contributed by atoms with Crippen LogP contribution in [0, 0.1) is 5.92 Å². The van der Waals surface area contributed by atoms with Crippen LogP contribution in [0.5, 0.6) is 0 Å². The number of aliphatic carboxylic acids is 1. The second-order valence-corrected chi connectivity index (χ2v) is 5.76. The minimum absolute atomic E-state index is 0.00693. The molecule has 1 rings (SSSR count). The fourth-order valence-electron chi connectivity index (χ4n) is 1.83. The van der Waals surface area contributed by atoms with Gasteiger partial charge in [0.2, 0.25) is 0 Å². The van der Waals surface area contributed by atoms with E-state index < -0.39 is 23.2 Å². The first-order valence-corrected chi connectivity index (χ1v) is 5.90. The van der Waals surface area contributed by atoms with Gasteiger partial charge < -0.3 is 15.2 Å². The van der Waals surface area contributed by atoms with Crippen LogP contribution in [0.25, 0.3) is 0 Å². The van der Waals surface area contributed by atoms with E-state index in [-0.39, 0.29) is 5.92 Å². The fraction of sp³-hybridized carbons (Fsp3) is 0.833. The Bertz CT molecular complexity index is 317. The molecule has 98 valence electrons. The van der Waals surface area contributed by atoms with Gasteiger partial charge in [0.1, 0.15) is 11.1 Å². The molecule has 0 heterocycles. The molecule has 1 saturated carbocycles. The van der Waals surface area contributed by atoms with E-state index in [1.54, 1.807) is 27.7 Å². The van der Waals surface area contributed by atoms with Gasteiger partial charge in [-0.05, 0) is 46.5 Å². The van der Waals surface area contributed by atoms with Gasteiger partial charge in [0.25, 0.3) is 0 Å². The van der Waals surface area contributed by atoms with Crippen LogP contribution < -0.4 is 5.32 Å². The molecule has 1 atom stereocenters. The summed E-state index contributed by atoms with van der Waals surface area (Å²) in [5.74, 6) is -1.01. The van der Waals surface area contributed by atoms with Gasteiger partial charge in [-0.15, -0.1) is 0 Å². The predicted molar refractivity (Wildman–Crippen MR) is 62.8 cm³/mol. The number of alkyl carbamates (subject to hydrolysis) is 1. The molecule has 0 aliphatic heterocycles. The summed E-state index contributed by atoms with van der Waals surface area (Å²) in [7, 11) is 0. The van der Waals surface area contributed by atoms with Crippen molar-refractivity contribution in [3.8, 4) is 0 Å². The van der Waals surface area contributed by atoms with Gasteiger partial charge in [0, 0.05) is 0 Å². The molecule has 0 aromatic carbocycles. The van der Waals surface area contributed by atoms with Crippen LogP contribution in [-0.4, -0.2) is 28.3 Å². The van der Waals surface area contributed by atoms with Crippen molar-refractivity contribution in [3.05, 3.63) is 0 Å². The highest BCUT2D eigenvalue weighted by Gasteiger charge is 2.46. The van der Waals surface area contributed by atoms with Crippen molar-refractivity contribution < 1.29 is 19.4 Å². The Morgan fingerprint density at radius 3 is 2.06 bits per heavy atom. The second kappa shape index (κ2) is 4.55. The molecule has 5 nitrogen and oxygen atoms in total. The number of carbonyl (C=O) groups excluding carboxylic acids is 1. The Hall–Kier alpha value is -1.26. The van der Waals surface area contributed by atoms with E-state index in [0.29, 0.717) is 0 Å². The molecule has 0 bridgehead atoms. The second-order valence-electron chi connectivity index (χ2n) is 5.76. The molecule has 1 aliphatic carbocycles. The Balaban J connectivity index is 2.67. The summed E-state index contributed by atoms with van der Waals surface area (Å²) < 4.78 is 5.09. The molecule has 1 aliphatic rings. The maximum absolute atomic E-state index is 11.6. The van der Waals surface area contributed by atoms with Crippen molar-refractivity contribution in [1.29, 1.82) is 0 Å². The maximum Gasteiger partial charge on any atom is 0.408 e. The Kier molecular flexibility index (Phi) is 3.69. The van der Waals surface area contributed by atoms with Gasteiger partial charge in [-0.3, -0.25) is 0 Å². The minimum atomic E-state index is -1.22. The molecule has 0 saturated heterocycles. The smallest absolute Gasteiger partial charge is 0.408 e. The van der Waals surface area contributed by atoms with Crippen LogP contribution in [0.2, 0.25) is 0 Å². The number of rotatable bonds is 3. The zero-order valence-corrected chi connectivity index (χ0v) is 10.9. The first-order chi connectivity index (χ1) is 7.65. The number of carboxylic acids is 1. The molecule has 0 radical (unpaired) electrons. The highest BCUT2D eigenvalue weighted by atomic mass is 16.6. The summed E-state index contributed by atoms with van der Waals surface area (Å²) in [6, 6.07) is 0. The van der Waals surface area contributed by atoms with Crippen LogP contribution in [-0.2, 0) is 9.53 Å². The molecule has 0 aromatic rings. The molecule has 5 heteroatoms. The van der Waals surface area contributed by atoms with Crippen LogP contribution in [0.1, 0.15) is 47.0 Å². The van der Waals surface area contributed by atoms with Gasteiger partial charge in [0.05, 0.1) is 0 Å². The Morgan fingerprint density at radius 1 is 1.24 bits per heavy atom. The minimum Gasteiger partial charge on any atom is -0.480 e. The van der Waals surface area contributed by atoms with E-state index in [2.05, 4.69) is 5.32 Å². The number of hydrogen-bond donors (Lipinski definition) is 2. The first-order valence-electron chi connectivity index (χ1n) is 5.90. The lowest BCUT2D eigenvalue weighted by Crippen LogP contribution is -2.59. The summed E-state index contributed by atoms with van der Waals surface area (Å²) >= 11 is 0. The third-order valence-electron chi connectivity index (χ3n) is 3.13. The van der Waals surface area contributed by atoms with E-state index in [0.717, 1.165) is 19.3 Å². The van der Waals surface area contributed by atoms with Gasteiger partial charge in [-0.1, -0.05) is 6.42 Å². The zero-order valence-electron chi connectivity index (χ0n) is 10.9. The van der Waals surface area contributed by atoms with E-state index in [1.807, 2.05) is 0 Å². The Morgan fingerprint density at radius 2 is 1.76 bits per heavy atom. The highest BCUT2D eigenvalue weighted by molar-refractivity contribution is 5.84. The predicted octanol–water partition coefficient (Wildman–Crippen LogP) is 2.15. The highest BCUT2D eigenvalue weighted by Crippen LogP contribution is 2.36. The molecular weight excluding hydrogens is 222 g/mol. The molecule has 0 unspecified atom stereocenters. The lowest BCUT2D eigenvalue weighted by atomic mass is 9.71. The average molecular weight is 243 g/mol. The lowest BCUT2D eigenvalue weighted by Gasteiger charge is -2.40. The summed E-state index contributed by atoms with van der Waals surface area (Å²) in [4.78, 5) is 22.9. The monoisotopic (exact) mass is 243 g/mol. The quantitative estimate of drug-likeness (QED) is 0.796. The van der Waals surface area contributed by atoms with Crippen molar-refractivity contribution in [2.75, 3.05) is 0 Å². The van der Waals surface area contributed by atoms with Crippen LogP contribution >= 0.6 is 0 Å². The van der Waals surface area contributed by atoms with Crippen molar-refractivity contribution in [3.63, 3.8) is 0 Å². The van der Waals surface area contributed by atoms with Crippen molar-refractivity contribution in [2.24, 2.45) is 5.92 Å². The van der Waals surface area contributed by atoms with E-state index in [9.17, 15) is 14.7 Å². The van der Waals surface area contributed by atoms with Crippen molar-refractivity contribution in [1.82, 2.24) is 5.32 Å². The SMILES string of the molecule is CC(C)(C)OC(=O)N[C@@](C)(C(=O)O)C1CCC1. The summed E-state index contributed by atoms with van der Waals surface area (Å²) in [6.07, 6.45) is 2.01. The molecule has 0 spiro atoms. The third-order valence-corrected chi connectivity index (χ3v) is 3.13. The number of amides is 1. The molecular formula is C12H21NO4. The molecule has 1 fully saturated rings. The van der Waals surface area contributed by atoms with Gasteiger partial charge >= 0.3 is 12.1 Å². The van der Waals surface area contributed by atoms with E-state index in [4.69, 9.17) is 4.74 Å². The van der Waals surface area contributed by atoms with Gasteiger partial charge in [-0.2, -0.15) is 0 Å². The van der Waals surface area contributed by atoms with Crippen LogP contribution in [0.3, 0.4) is 0 Å². The average Bonchev–Trinajstić information content (AvgIpc) is 1.94. The van der Waals surface area contributed by atoms with E-state index in [1.165, 1.54) is 0 Å². The Labute approximate surface area is 102 Å². The number of hydrogen-bond acceptors (Lipinski definition) is 3. The fourth-order valence-corrected chi connectivity index (χ4v) is 1.83. The van der Waals surface area contributed by atoms with Gasteiger partial charge in [0.15, 0.2) is 0 Å². The first kappa shape index (κ1) is 13.8. The van der Waals surface area contributed by atoms with E-state index >= 15 is 0 Å². The summed E-state index contributed by atoms with van der Waals surface area (Å²) in [6.45, 7) is 6.78. The third kappa shape index (κ3) is 3.35. The molecule has 0 aromatic heterocycles. The van der Waals surface area contributed by atoms with Gasteiger partial charge in [-0.25, -0.2) is 9.59 Å². The maximum atomic E-state index is 11.6. The molecule has 1 amide bonds. The molecule has 2 N–H and O–H groups in total. The van der Waals surface area contributed by atoms with Crippen molar-refractivity contribution >= 4 is 12.1 Å². The number of carboxylic acid groups (broad SMARTS) is 1. The standard InChI is InChI=1S/C12H21NO4/c1-11(2,3)17-10(16)13-12(4,9(14)15)8-6-5-7-8/h8H,5-7H2,1-4H3,(H,13,16)(H,14,15)/t12-/m1/s1.